The highest BCUT2D eigenvalue weighted by Gasteiger charge is 2.27. The van der Waals surface area contributed by atoms with Crippen LogP contribution in [0.15, 0.2) is 24.5 Å². The molecule has 2 unspecified atom stereocenters. The van der Waals surface area contributed by atoms with E-state index in [1.165, 1.54) is 5.69 Å². The molecular formula is C12H19N3O. The van der Waals surface area contributed by atoms with Gasteiger partial charge in [-0.25, -0.2) is 0 Å². The number of aromatic nitrogens is 1. The van der Waals surface area contributed by atoms with E-state index in [9.17, 15) is 0 Å². The van der Waals surface area contributed by atoms with Crippen molar-refractivity contribution in [3.63, 3.8) is 0 Å². The van der Waals surface area contributed by atoms with E-state index in [4.69, 9.17) is 10.5 Å². The molecule has 88 valence electrons. The molecule has 1 aromatic heterocycles. The molecule has 4 heteroatoms. The zero-order chi connectivity index (χ0) is 11.4. The van der Waals surface area contributed by atoms with Crippen molar-refractivity contribution in [3.05, 3.63) is 24.5 Å². The molecule has 4 nitrogen and oxygen atoms in total. The van der Waals surface area contributed by atoms with Gasteiger partial charge < -0.3 is 15.4 Å². The highest BCUT2D eigenvalue weighted by Crippen LogP contribution is 2.24. The maximum Gasteiger partial charge on any atom is 0.0608 e. The third-order valence-corrected chi connectivity index (χ3v) is 3.27. The molecule has 2 N–H and O–H groups in total. The summed E-state index contributed by atoms with van der Waals surface area (Å²) in [5.41, 5.74) is 7.04. The summed E-state index contributed by atoms with van der Waals surface area (Å²) in [4.78, 5) is 6.40. The van der Waals surface area contributed by atoms with Crippen molar-refractivity contribution in [3.8, 4) is 0 Å². The van der Waals surface area contributed by atoms with E-state index in [0.29, 0.717) is 18.7 Å². The van der Waals surface area contributed by atoms with Crippen molar-refractivity contribution in [2.75, 3.05) is 25.1 Å². The maximum absolute atomic E-state index is 5.84. The number of ether oxygens (including phenoxy) is 1. The topological polar surface area (TPSA) is 51.4 Å². The molecule has 0 radical (unpaired) electrons. The van der Waals surface area contributed by atoms with Gasteiger partial charge in [-0.1, -0.05) is 0 Å². The summed E-state index contributed by atoms with van der Waals surface area (Å²) >= 11 is 0. The molecule has 16 heavy (non-hydrogen) atoms. The standard InChI is InChI=1S/C12H19N3O/c1-16-12-4-7-15(11(8-12)9-13)10-2-5-14-6-3-10/h2-3,5-6,11-12H,4,7-9,13H2,1H3. The lowest BCUT2D eigenvalue weighted by molar-refractivity contribution is 0.0709. The fraction of sp³-hybridized carbons (Fsp3) is 0.583. The van der Waals surface area contributed by atoms with E-state index in [-0.39, 0.29) is 0 Å². The maximum atomic E-state index is 5.84. The Hall–Kier alpha value is -1.13. The SMILES string of the molecule is COC1CCN(c2ccncc2)C(CN)C1. The minimum absolute atomic E-state index is 0.353. The van der Waals surface area contributed by atoms with Crippen molar-refractivity contribution in [2.45, 2.75) is 25.0 Å². The van der Waals surface area contributed by atoms with Gasteiger partial charge in [0.05, 0.1) is 6.10 Å². The molecule has 1 aliphatic rings. The molecule has 0 spiro atoms. The molecule has 0 bridgehead atoms. The van der Waals surface area contributed by atoms with E-state index in [1.807, 2.05) is 24.5 Å². The second kappa shape index (κ2) is 5.27. The molecule has 1 aliphatic heterocycles. The molecule has 2 heterocycles. The highest BCUT2D eigenvalue weighted by molar-refractivity contribution is 5.46. The number of methoxy groups -OCH3 is 1. The normalized spacial score (nSPS) is 25.8. The summed E-state index contributed by atoms with van der Waals surface area (Å²) in [5, 5.41) is 0. The van der Waals surface area contributed by atoms with Crippen molar-refractivity contribution in [2.24, 2.45) is 5.73 Å². The quantitative estimate of drug-likeness (QED) is 0.828. The average Bonchev–Trinajstić information content (AvgIpc) is 2.39. The van der Waals surface area contributed by atoms with Crippen LogP contribution >= 0.6 is 0 Å². The van der Waals surface area contributed by atoms with Crippen molar-refractivity contribution in [1.82, 2.24) is 4.98 Å². The first-order valence-electron chi connectivity index (χ1n) is 5.74. The summed E-state index contributed by atoms with van der Waals surface area (Å²) < 4.78 is 5.41. The fourth-order valence-corrected chi connectivity index (χ4v) is 2.33. The number of piperidine rings is 1. The van der Waals surface area contributed by atoms with Crippen molar-refractivity contribution < 1.29 is 4.74 Å². The lowest BCUT2D eigenvalue weighted by Gasteiger charge is -2.40. The molecule has 0 saturated carbocycles. The van der Waals surface area contributed by atoms with Crippen LogP contribution in [-0.4, -0.2) is 37.3 Å². The van der Waals surface area contributed by atoms with Gasteiger partial charge in [0.15, 0.2) is 0 Å². The third kappa shape index (κ3) is 2.33. The lowest BCUT2D eigenvalue weighted by atomic mass is 9.98. The van der Waals surface area contributed by atoms with Crippen LogP contribution in [-0.2, 0) is 4.74 Å². The monoisotopic (exact) mass is 221 g/mol. The summed E-state index contributed by atoms with van der Waals surface area (Å²) in [6, 6.07) is 4.45. The van der Waals surface area contributed by atoms with Crippen LogP contribution in [0.25, 0.3) is 0 Å². The Morgan fingerprint density at radius 3 is 2.88 bits per heavy atom. The first-order chi connectivity index (χ1) is 7.85. The Balaban J connectivity index is 2.10. The molecule has 0 amide bonds. The van der Waals surface area contributed by atoms with Crippen LogP contribution in [0.3, 0.4) is 0 Å². The fourth-order valence-electron chi connectivity index (χ4n) is 2.33. The summed E-state index contributed by atoms with van der Waals surface area (Å²) in [7, 11) is 1.78. The summed E-state index contributed by atoms with van der Waals surface area (Å²) in [5.74, 6) is 0. The Bertz CT molecular complexity index is 317. The van der Waals surface area contributed by atoms with E-state index in [1.54, 1.807) is 7.11 Å². The molecular weight excluding hydrogens is 202 g/mol. The van der Waals surface area contributed by atoms with Gasteiger partial charge >= 0.3 is 0 Å². The van der Waals surface area contributed by atoms with Gasteiger partial charge in [0.25, 0.3) is 0 Å². The third-order valence-electron chi connectivity index (χ3n) is 3.27. The second-order valence-electron chi connectivity index (χ2n) is 4.17. The largest absolute Gasteiger partial charge is 0.381 e. The Labute approximate surface area is 96.4 Å². The summed E-state index contributed by atoms with van der Waals surface area (Å²) in [6.45, 7) is 1.67. The van der Waals surface area contributed by atoms with Gasteiger partial charge in [0.1, 0.15) is 0 Å². The molecule has 2 rings (SSSR count). The second-order valence-corrected chi connectivity index (χ2v) is 4.17. The zero-order valence-electron chi connectivity index (χ0n) is 9.67. The number of nitrogens with zero attached hydrogens (tertiary/aromatic N) is 2. The first kappa shape index (κ1) is 11.4. The predicted octanol–water partition coefficient (Wildman–Crippen LogP) is 1.02. The van der Waals surface area contributed by atoms with Crippen LogP contribution in [0, 0.1) is 0 Å². The van der Waals surface area contributed by atoms with Crippen LogP contribution in [0.1, 0.15) is 12.8 Å². The van der Waals surface area contributed by atoms with Crippen LogP contribution < -0.4 is 10.6 Å². The number of hydrogen-bond donors (Lipinski definition) is 1. The Kier molecular flexibility index (Phi) is 3.74. The lowest BCUT2D eigenvalue weighted by Crippen LogP contribution is -2.48. The van der Waals surface area contributed by atoms with E-state index < -0.39 is 0 Å². The summed E-state index contributed by atoms with van der Waals surface area (Å²) in [6.07, 6.45) is 6.08. The molecule has 1 saturated heterocycles. The molecule has 0 aliphatic carbocycles. The first-order valence-corrected chi connectivity index (χ1v) is 5.74. The van der Waals surface area contributed by atoms with Crippen LogP contribution in [0.5, 0.6) is 0 Å². The van der Waals surface area contributed by atoms with Crippen LogP contribution in [0.2, 0.25) is 0 Å². The van der Waals surface area contributed by atoms with E-state index in [2.05, 4.69) is 9.88 Å². The number of nitrogens with two attached hydrogens (primary N) is 1. The van der Waals surface area contributed by atoms with Crippen molar-refractivity contribution >= 4 is 5.69 Å². The predicted molar refractivity (Wildman–Crippen MR) is 64.5 cm³/mol. The van der Waals surface area contributed by atoms with Crippen LogP contribution in [0.4, 0.5) is 5.69 Å². The zero-order valence-corrected chi connectivity index (χ0v) is 9.67. The Morgan fingerprint density at radius 2 is 2.25 bits per heavy atom. The van der Waals surface area contributed by atoms with Gasteiger partial charge in [-0.3, -0.25) is 4.98 Å². The smallest absolute Gasteiger partial charge is 0.0608 e. The number of pyridine rings is 1. The molecule has 1 fully saturated rings. The van der Waals surface area contributed by atoms with Gasteiger partial charge in [0.2, 0.25) is 0 Å². The molecule has 0 aromatic carbocycles. The average molecular weight is 221 g/mol. The number of rotatable bonds is 3. The number of anilines is 1. The minimum Gasteiger partial charge on any atom is -0.381 e. The van der Waals surface area contributed by atoms with E-state index >= 15 is 0 Å². The van der Waals surface area contributed by atoms with E-state index in [0.717, 1.165) is 19.4 Å². The molecule has 1 aromatic rings. The number of hydrogen-bond acceptors (Lipinski definition) is 4. The van der Waals surface area contributed by atoms with Gasteiger partial charge in [0, 0.05) is 44.3 Å². The Morgan fingerprint density at radius 1 is 1.50 bits per heavy atom. The molecule has 2 atom stereocenters. The van der Waals surface area contributed by atoms with Gasteiger partial charge in [-0.05, 0) is 25.0 Å². The van der Waals surface area contributed by atoms with Gasteiger partial charge in [-0.15, -0.1) is 0 Å². The minimum atomic E-state index is 0.353. The van der Waals surface area contributed by atoms with Crippen molar-refractivity contribution in [1.29, 1.82) is 0 Å². The van der Waals surface area contributed by atoms with Gasteiger partial charge in [-0.2, -0.15) is 0 Å². The highest BCUT2D eigenvalue weighted by atomic mass is 16.5.